The first-order chi connectivity index (χ1) is 11.5. The molecule has 6 heteroatoms. The van der Waals surface area contributed by atoms with Crippen molar-refractivity contribution in [3.63, 3.8) is 0 Å². The molecule has 2 aromatic rings. The maximum absolute atomic E-state index is 12.4. The van der Waals surface area contributed by atoms with Crippen molar-refractivity contribution in [3.8, 4) is 5.75 Å². The third-order valence-electron chi connectivity index (χ3n) is 4.26. The van der Waals surface area contributed by atoms with E-state index in [9.17, 15) is 14.7 Å². The van der Waals surface area contributed by atoms with Crippen LogP contribution in [0.1, 0.15) is 44.5 Å². The Bertz CT molecular complexity index is 779. The summed E-state index contributed by atoms with van der Waals surface area (Å²) in [4.78, 5) is 25.8. The number of carbonyl (C=O) groups is 2. The Hall–Kier alpha value is -2.34. The van der Waals surface area contributed by atoms with E-state index in [1.807, 2.05) is 0 Å². The third-order valence-corrected chi connectivity index (χ3v) is 5.43. The van der Waals surface area contributed by atoms with E-state index >= 15 is 0 Å². The molecular formula is C18H19NO4S. The molecule has 0 saturated carbocycles. The minimum atomic E-state index is -0.414. The normalized spacial score (nSPS) is 16.3. The molecule has 1 aliphatic carbocycles. The molecule has 126 valence electrons. The number of methoxy groups -OCH3 is 1. The second-order valence-corrected chi connectivity index (χ2v) is 7.15. The SMILES string of the molecule is COC(=O)c1c(NC(=O)c2ccc(O)cc2)sc2c1CC[C@H](C)C2. The van der Waals surface area contributed by atoms with Crippen LogP contribution in [0.3, 0.4) is 0 Å². The topological polar surface area (TPSA) is 75.6 Å². The molecule has 0 radical (unpaired) electrons. The summed E-state index contributed by atoms with van der Waals surface area (Å²) in [6.07, 6.45) is 2.77. The number of amides is 1. The second kappa shape index (κ2) is 6.65. The number of anilines is 1. The zero-order valence-corrected chi connectivity index (χ0v) is 14.4. The van der Waals surface area contributed by atoms with Gasteiger partial charge < -0.3 is 15.2 Å². The Labute approximate surface area is 144 Å². The van der Waals surface area contributed by atoms with E-state index in [-0.39, 0.29) is 11.7 Å². The van der Waals surface area contributed by atoms with Crippen LogP contribution in [0.5, 0.6) is 5.75 Å². The van der Waals surface area contributed by atoms with Crippen molar-refractivity contribution in [2.75, 3.05) is 12.4 Å². The van der Waals surface area contributed by atoms with Crippen LogP contribution in [0.15, 0.2) is 24.3 Å². The number of esters is 1. The fourth-order valence-electron chi connectivity index (χ4n) is 2.94. The van der Waals surface area contributed by atoms with Crippen molar-refractivity contribution in [1.82, 2.24) is 0 Å². The van der Waals surface area contributed by atoms with E-state index in [1.54, 1.807) is 0 Å². The number of nitrogens with one attached hydrogen (secondary N) is 1. The zero-order chi connectivity index (χ0) is 17.3. The first kappa shape index (κ1) is 16.5. The molecular weight excluding hydrogens is 326 g/mol. The highest BCUT2D eigenvalue weighted by Crippen LogP contribution is 2.40. The van der Waals surface area contributed by atoms with Crippen LogP contribution in [0.25, 0.3) is 0 Å². The number of phenols is 1. The molecule has 0 spiro atoms. The molecule has 0 aliphatic heterocycles. The molecule has 3 rings (SSSR count). The molecule has 5 nitrogen and oxygen atoms in total. The van der Waals surface area contributed by atoms with Gasteiger partial charge in [0.1, 0.15) is 10.8 Å². The lowest BCUT2D eigenvalue weighted by atomic mass is 9.88. The first-order valence-corrected chi connectivity index (χ1v) is 8.64. The van der Waals surface area contributed by atoms with Crippen molar-refractivity contribution in [2.24, 2.45) is 5.92 Å². The lowest BCUT2D eigenvalue weighted by Crippen LogP contribution is -2.16. The van der Waals surface area contributed by atoms with Crippen molar-refractivity contribution < 1.29 is 19.4 Å². The molecule has 2 N–H and O–H groups in total. The van der Waals surface area contributed by atoms with Gasteiger partial charge >= 0.3 is 5.97 Å². The summed E-state index contributed by atoms with van der Waals surface area (Å²) in [7, 11) is 1.35. The number of thiophene rings is 1. The molecule has 0 unspecified atom stereocenters. The van der Waals surface area contributed by atoms with Crippen LogP contribution in [-0.4, -0.2) is 24.1 Å². The lowest BCUT2D eigenvalue weighted by molar-refractivity contribution is 0.0601. The van der Waals surface area contributed by atoms with Gasteiger partial charge in [0, 0.05) is 10.4 Å². The summed E-state index contributed by atoms with van der Waals surface area (Å²) >= 11 is 1.45. The molecule has 1 aromatic heterocycles. The smallest absolute Gasteiger partial charge is 0.341 e. The van der Waals surface area contributed by atoms with Crippen LogP contribution in [0.2, 0.25) is 0 Å². The number of fused-ring (bicyclic) bond motifs is 1. The number of hydrogen-bond donors (Lipinski definition) is 2. The average Bonchev–Trinajstić information content (AvgIpc) is 2.91. The van der Waals surface area contributed by atoms with Gasteiger partial charge in [-0.25, -0.2) is 4.79 Å². The van der Waals surface area contributed by atoms with Gasteiger partial charge in [0.05, 0.1) is 12.7 Å². The predicted octanol–water partition coefficient (Wildman–Crippen LogP) is 3.62. The third kappa shape index (κ3) is 3.14. The maximum Gasteiger partial charge on any atom is 0.341 e. The molecule has 0 saturated heterocycles. The molecule has 1 heterocycles. The molecule has 1 amide bonds. The van der Waals surface area contributed by atoms with Gasteiger partial charge in [-0.1, -0.05) is 6.92 Å². The Balaban J connectivity index is 1.93. The van der Waals surface area contributed by atoms with E-state index in [1.165, 1.54) is 42.7 Å². The Morgan fingerprint density at radius 3 is 2.67 bits per heavy atom. The highest BCUT2D eigenvalue weighted by Gasteiger charge is 2.29. The Kier molecular flexibility index (Phi) is 4.57. The van der Waals surface area contributed by atoms with E-state index < -0.39 is 5.97 Å². The largest absolute Gasteiger partial charge is 0.508 e. The van der Waals surface area contributed by atoms with Gasteiger partial charge in [-0.05, 0) is 55.0 Å². The van der Waals surface area contributed by atoms with Crippen LogP contribution < -0.4 is 5.32 Å². The zero-order valence-electron chi connectivity index (χ0n) is 13.6. The molecule has 0 fully saturated rings. The summed E-state index contributed by atoms with van der Waals surface area (Å²) in [6.45, 7) is 2.19. The van der Waals surface area contributed by atoms with Crippen LogP contribution >= 0.6 is 11.3 Å². The van der Waals surface area contributed by atoms with Gasteiger partial charge in [0.2, 0.25) is 0 Å². The monoisotopic (exact) mass is 345 g/mol. The fraction of sp³-hybridized carbons (Fsp3) is 0.333. The minimum Gasteiger partial charge on any atom is -0.508 e. The highest BCUT2D eigenvalue weighted by molar-refractivity contribution is 7.17. The molecule has 1 aromatic carbocycles. The first-order valence-electron chi connectivity index (χ1n) is 7.82. The van der Waals surface area contributed by atoms with Crippen molar-refractivity contribution >= 4 is 28.2 Å². The summed E-state index contributed by atoms with van der Waals surface area (Å²) < 4.78 is 4.91. The van der Waals surface area contributed by atoms with E-state index in [0.717, 1.165) is 29.7 Å². The molecule has 24 heavy (non-hydrogen) atoms. The number of carbonyl (C=O) groups excluding carboxylic acids is 2. The standard InChI is InChI=1S/C18H19NO4S/c1-10-3-8-13-14(9-10)24-17(15(13)18(22)23-2)19-16(21)11-4-6-12(20)7-5-11/h4-7,10,20H,3,8-9H2,1-2H3,(H,19,21)/t10-/m0/s1. The Morgan fingerprint density at radius 1 is 1.29 bits per heavy atom. The van der Waals surface area contributed by atoms with Gasteiger partial charge in [-0.2, -0.15) is 0 Å². The predicted molar refractivity (Wildman–Crippen MR) is 92.9 cm³/mol. The summed E-state index contributed by atoms with van der Waals surface area (Å²) in [5.41, 5.74) is 1.91. The molecule has 1 atom stereocenters. The maximum atomic E-state index is 12.4. The highest BCUT2D eigenvalue weighted by atomic mass is 32.1. The van der Waals surface area contributed by atoms with Crippen molar-refractivity contribution in [2.45, 2.75) is 26.2 Å². The van der Waals surface area contributed by atoms with Gasteiger partial charge in [0.25, 0.3) is 5.91 Å². The number of phenolic OH excluding ortho intramolecular Hbond substituents is 1. The van der Waals surface area contributed by atoms with Crippen molar-refractivity contribution in [1.29, 1.82) is 0 Å². The van der Waals surface area contributed by atoms with Crippen molar-refractivity contribution in [3.05, 3.63) is 45.8 Å². The van der Waals surface area contributed by atoms with Crippen LogP contribution in [0, 0.1) is 5.92 Å². The number of rotatable bonds is 3. The van der Waals surface area contributed by atoms with E-state index in [0.29, 0.717) is 22.0 Å². The number of aromatic hydroxyl groups is 1. The number of benzene rings is 1. The second-order valence-electron chi connectivity index (χ2n) is 6.05. The minimum absolute atomic E-state index is 0.0994. The molecule has 1 aliphatic rings. The number of ether oxygens (including phenoxy) is 1. The number of hydrogen-bond acceptors (Lipinski definition) is 5. The van der Waals surface area contributed by atoms with Gasteiger partial charge in [-0.15, -0.1) is 11.3 Å². The average molecular weight is 345 g/mol. The Morgan fingerprint density at radius 2 is 2.00 bits per heavy atom. The van der Waals surface area contributed by atoms with E-state index in [4.69, 9.17) is 4.74 Å². The van der Waals surface area contributed by atoms with Crippen LogP contribution in [-0.2, 0) is 17.6 Å². The van der Waals surface area contributed by atoms with Gasteiger partial charge in [-0.3, -0.25) is 4.79 Å². The summed E-state index contributed by atoms with van der Waals surface area (Å²) in [5, 5.41) is 12.7. The molecule has 0 bridgehead atoms. The van der Waals surface area contributed by atoms with Crippen LogP contribution in [0.4, 0.5) is 5.00 Å². The summed E-state index contributed by atoms with van der Waals surface area (Å²) in [6, 6.07) is 5.99. The quantitative estimate of drug-likeness (QED) is 0.833. The summed E-state index contributed by atoms with van der Waals surface area (Å²) in [5.74, 6) is -0.0560. The fourth-order valence-corrected chi connectivity index (χ4v) is 4.34. The van der Waals surface area contributed by atoms with E-state index in [2.05, 4.69) is 12.2 Å². The van der Waals surface area contributed by atoms with Gasteiger partial charge in [0.15, 0.2) is 0 Å². The lowest BCUT2D eigenvalue weighted by Gasteiger charge is -2.18.